The molecule has 0 amide bonds. The number of aromatic nitrogens is 3. The largest absolute Gasteiger partial charge is 0.494 e. The van der Waals surface area contributed by atoms with Crippen LogP contribution in [0.2, 0.25) is 0 Å². The van der Waals surface area contributed by atoms with Gasteiger partial charge in [0.1, 0.15) is 22.5 Å². The second-order valence-electron chi connectivity index (χ2n) is 5.55. The third kappa shape index (κ3) is 2.54. The first-order valence-corrected chi connectivity index (χ1v) is 7.89. The zero-order chi connectivity index (χ0) is 16.5. The molecule has 0 aliphatic heterocycles. The average Bonchev–Trinajstić information content (AvgIpc) is 3.24. The Hall–Kier alpha value is -3.08. The van der Waals surface area contributed by atoms with Crippen molar-refractivity contribution in [1.29, 1.82) is 0 Å². The lowest BCUT2D eigenvalue weighted by Crippen LogP contribution is -1.98. The Labute approximate surface area is 139 Å². The predicted octanol–water partition coefficient (Wildman–Crippen LogP) is 4.39. The van der Waals surface area contributed by atoms with Gasteiger partial charge in [0.05, 0.1) is 18.6 Å². The molecule has 120 valence electrons. The first-order valence-electron chi connectivity index (χ1n) is 7.89. The quantitative estimate of drug-likeness (QED) is 0.560. The van der Waals surface area contributed by atoms with Crippen LogP contribution in [0.25, 0.3) is 28.0 Å². The van der Waals surface area contributed by atoms with E-state index in [1.54, 1.807) is 11.1 Å². The van der Waals surface area contributed by atoms with Crippen LogP contribution in [0.5, 0.6) is 5.75 Å². The van der Waals surface area contributed by atoms with Gasteiger partial charge in [-0.1, -0.05) is 0 Å². The molecule has 4 aromatic rings. The van der Waals surface area contributed by atoms with Crippen molar-refractivity contribution in [3.8, 4) is 22.8 Å². The lowest BCUT2D eigenvalue weighted by atomic mass is 10.1. The summed E-state index contributed by atoms with van der Waals surface area (Å²) < 4.78 is 11.0. The second kappa shape index (κ2) is 5.85. The van der Waals surface area contributed by atoms with Crippen molar-refractivity contribution in [1.82, 2.24) is 15.0 Å². The Bertz CT molecular complexity index is 970. The summed E-state index contributed by atoms with van der Waals surface area (Å²) in [6.07, 6.45) is 1.68. The summed E-state index contributed by atoms with van der Waals surface area (Å²) in [6.45, 7) is 4.67. The van der Waals surface area contributed by atoms with E-state index in [0.717, 1.165) is 39.4 Å². The Morgan fingerprint density at radius 1 is 1.04 bits per heavy atom. The summed E-state index contributed by atoms with van der Waals surface area (Å²) in [5.41, 5.74) is 4.73. The fourth-order valence-corrected chi connectivity index (χ4v) is 2.72. The highest BCUT2D eigenvalue weighted by molar-refractivity contribution is 5.82. The number of hydrogen-bond donors (Lipinski definition) is 0. The number of ether oxygens (including phenoxy) is 1. The van der Waals surface area contributed by atoms with Crippen molar-refractivity contribution < 1.29 is 9.15 Å². The Morgan fingerprint density at radius 3 is 2.46 bits per heavy atom. The summed E-state index contributed by atoms with van der Waals surface area (Å²) in [7, 11) is 0. The standard InChI is InChI=1S/C19H17N3O2/c1-3-23-15-8-6-14(7-9-15)22-20-17-11-13(2)16(12-18(17)21-22)19-5-4-10-24-19/h4-12H,3H2,1-2H3. The molecule has 0 N–H and O–H groups in total. The van der Waals surface area contributed by atoms with Crippen LogP contribution in [0.1, 0.15) is 12.5 Å². The van der Waals surface area contributed by atoms with Gasteiger partial charge in [-0.3, -0.25) is 0 Å². The van der Waals surface area contributed by atoms with Crippen molar-refractivity contribution in [3.63, 3.8) is 0 Å². The number of benzene rings is 2. The maximum Gasteiger partial charge on any atom is 0.134 e. The molecule has 0 bridgehead atoms. The molecule has 2 aromatic carbocycles. The van der Waals surface area contributed by atoms with Gasteiger partial charge in [0, 0.05) is 5.56 Å². The van der Waals surface area contributed by atoms with Gasteiger partial charge < -0.3 is 9.15 Å². The molecule has 5 nitrogen and oxygen atoms in total. The fourth-order valence-electron chi connectivity index (χ4n) is 2.72. The molecular weight excluding hydrogens is 302 g/mol. The van der Waals surface area contributed by atoms with Crippen LogP contribution in [-0.2, 0) is 0 Å². The van der Waals surface area contributed by atoms with Crippen LogP contribution in [-0.4, -0.2) is 21.6 Å². The van der Waals surface area contributed by atoms with E-state index in [-0.39, 0.29) is 0 Å². The highest BCUT2D eigenvalue weighted by Crippen LogP contribution is 2.27. The molecule has 0 aliphatic carbocycles. The molecule has 0 spiro atoms. The molecule has 0 unspecified atom stereocenters. The van der Waals surface area contributed by atoms with Gasteiger partial charge in [0.15, 0.2) is 0 Å². The van der Waals surface area contributed by atoms with E-state index >= 15 is 0 Å². The van der Waals surface area contributed by atoms with E-state index in [9.17, 15) is 0 Å². The van der Waals surface area contributed by atoms with Gasteiger partial charge in [-0.25, -0.2) is 0 Å². The normalized spacial score (nSPS) is 11.1. The average molecular weight is 319 g/mol. The second-order valence-corrected chi connectivity index (χ2v) is 5.55. The molecule has 0 atom stereocenters. The predicted molar refractivity (Wildman–Crippen MR) is 92.5 cm³/mol. The maximum absolute atomic E-state index is 5.51. The molecule has 0 aliphatic rings. The van der Waals surface area contributed by atoms with E-state index in [2.05, 4.69) is 10.2 Å². The number of furan rings is 1. The first kappa shape index (κ1) is 14.5. The van der Waals surface area contributed by atoms with E-state index in [4.69, 9.17) is 9.15 Å². The molecule has 0 radical (unpaired) electrons. The Morgan fingerprint density at radius 2 is 1.79 bits per heavy atom. The summed E-state index contributed by atoms with van der Waals surface area (Å²) in [5.74, 6) is 1.68. The van der Waals surface area contributed by atoms with Crippen molar-refractivity contribution in [2.75, 3.05) is 6.61 Å². The lowest BCUT2D eigenvalue weighted by Gasteiger charge is -2.03. The fraction of sp³-hybridized carbons (Fsp3) is 0.158. The third-order valence-corrected chi connectivity index (χ3v) is 3.89. The highest BCUT2D eigenvalue weighted by Gasteiger charge is 2.11. The van der Waals surface area contributed by atoms with Gasteiger partial charge in [0.25, 0.3) is 0 Å². The number of nitrogens with zero attached hydrogens (tertiary/aromatic N) is 3. The zero-order valence-electron chi connectivity index (χ0n) is 13.6. The van der Waals surface area contributed by atoms with Crippen molar-refractivity contribution in [2.24, 2.45) is 0 Å². The first-order chi connectivity index (χ1) is 11.7. The van der Waals surface area contributed by atoms with Crippen molar-refractivity contribution >= 4 is 11.0 Å². The minimum absolute atomic E-state index is 0.651. The maximum atomic E-state index is 5.51. The van der Waals surface area contributed by atoms with Gasteiger partial charge in [-0.05, 0) is 67.9 Å². The lowest BCUT2D eigenvalue weighted by molar-refractivity contribution is 0.340. The summed E-state index contributed by atoms with van der Waals surface area (Å²) in [4.78, 5) is 1.64. The van der Waals surface area contributed by atoms with Crippen molar-refractivity contribution in [2.45, 2.75) is 13.8 Å². The monoisotopic (exact) mass is 319 g/mol. The molecule has 0 saturated carbocycles. The van der Waals surface area contributed by atoms with Gasteiger partial charge in [-0.15, -0.1) is 10.2 Å². The van der Waals surface area contributed by atoms with Gasteiger partial charge in [-0.2, -0.15) is 4.80 Å². The zero-order valence-corrected chi connectivity index (χ0v) is 13.6. The van der Waals surface area contributed by atoms with Crippen LogP contribution < -0.4 is 4.74 Å². The smallest absolute Gasteiger partial charge is 0.134 e. The molecule has 0 fully saturated rings. The van der Waals surface area contributed by atoms with Crippen LogP contribution in [0, 0.1) is 6.92 Å². The van der Waals surface area contributed by atoms with Crippen LogP contribution in [0.4, 0.5) is 0 Å². The number of fused-ring (bicyclic) bond motifs is 1. The minimum Gasteiger partial charge on any atom is -0.494 e. The van der Waals surface area contributed by atoms with Gasteiger partial charge >= 0.3 is 0 Å². The third-order valence-electron chi connectivity index (χ3n) is 3.89. The molecule has 5 heteroatoms. The summed E-state index contributed by atoms with van der Waals surface area (Å²) >= 11 is 0. The highest BCUT2D eigenvalue weighted by atomic mass is 16.5. The Balaban J connectivity index is 1.75. The molecule has 24 heavy (non-hydrogen) atoms. The molecule has 2 heterocycles. The van der Waals surface area contributed by atoms with Gasteiger partial charge in [0.2, 0.25) is 0 Å². The van der Waals surface area contributed by atoms with Crippen LogP contribution in [0.3, 0.4) is 0 Å². The molecule has 0 saturated heterocycles. The van der Waals surface area contributed by atoms with Crippen molar-refractivity contribution in [3.05, 3.63) is 60.4 Å². The van der Waals surface area contributed by atoms with E-state index in [1.807, 2.05) is 62.4 Å². The van der Waals surface area contributed by atoms with E-state index in [1.165, 1.54) is 0 Å². The molecule has 2 aromatic heterocycles. The number of aryl methyl sites for hydroxylation is 1. The van der Waals surface area contributed by atoms with E-state index in [0.29, 0.717) is 6.61 Å². The SMILES string of the molecule is CCOc1ccc(-n2nc3cc(C)c(-c4ccco4)cc3n2)cc1. The topological polar surface area (TPSA) is 53.1 Å². The molecule has 4 rings (SSSR count). The Kier molecular flexibility index (Phi) is 3.54. The van der Waals surface area contributed by atoms with E-state index < -0.39 is 0 Å². The molecular formula is C19H17N3O2. The number of rotatable bonds is 4. The van der Waals surface area contributed by atoms with Crippen LogP contribution in [0.15, 0.2) is 59.2 Å². The summed E-state index contributed by atoms with van der Waals surface area (Å²) in [5, 5.41) is 9.17. The van der Waals surface area contributed by atoms with Crippen LogP contribution >= 0.6 is 0 Å². The minimum atomic E-state index is 0.651. The number of hydrogen-bond acceptors (Lipinski definition) is 4. The summed E-state index contributed by atoms with van der Waals surface area (Å²) in [6, 6.07) is 15.6.